The van der Waals surface area contributed by atoms with E-state index in [1.165, 1.54) is 0 Å². The van der Waals surface area contributed by atoms with Gasteiger partial charge in [-0.1, -0.05) is 11.6 Å². The van der Waals surface area contributed by atoms with Crippen LogP contribution < -0.4 is 0 Å². The summed E-state index contributed by atoms with van der Waals surface area (Å²) in [5.41, 5.74) is 3.94. The standard InChI is InChI=1S/C14H14ClNO2/c1-8-6-11(15)4-5-13(8)16-9(2)7-12(10(16)3)14(17)18/h4-7H,1-3H3,(H,17,18). The lowest BCUT2D eigenvalue weighted by atomic mass is 10.2. The lowest BCUT2D eigenvalue weighted by Crippen LogP contribution is -2.03. The quantitative estimate of drug-likeness (QED) is 0.897. The third kappa shape index (κ3) is 2.02. The van der Waals surface area contributed by atoms with Gasteiger partial charge in [0.2, 0.25) is 0 Å². The number of aryl methyl sites for hydroxylation is 2. The van der Waals surface area contributed by atoms with E-state index in [4.69, 9.17) is 16.7 Å². The Kier molecular flexibility index (Phi) is 3.18. The van der Waals surface area contributed by atoms with Crippen molar-refractivity contribution in [3.05, 3.63) is 51.8 Å². The molecule has 0 aliphatic heterocycles. The number of nitrogens with zero attached hydrogens (tertiary/aromatic N) is 1. The van der Waals surface area contributed by atoms with Gasteiger partial charge in [-0.25, -0.2) is 4.79 Å². The van der Waals surface area contributed by atoms with Gasteiger partial charge in [0.05, 0.1) is 5.56 Å². The van der Waals surface area contributed by atoms with E-state index in [-0.39, 0.29) is 0 Å². The second kappa shape index (κ2) is 4.50. The highest BCUT2D eigenvalue weighted by molar-refractivity contribution is 6.30. The van der Waals surface area contributed by atoms with Crippen LogP contribution in [0.5, 0.6) is 0 Å². The summed E-state index contributed by atoms with van der Waals surface area (Å²) in [4.78, 5) is 11.1. The fourth-order valence-corrected chi connectivity index (χ4v) is 2.45. The second-order valence-corrected chi connectivity index (χ2v) is 4.79. The zero-order valence-electron chi connectivity index (χ0n) is 10.5. The average molecular weight is 264 g/mol. The summed E-state index contributed by atoms with van der Waals surface area (Å²) in [7, 11) is 0. The number of aromatic nitrogens is 1. The summed E-state index contributed by atoms with van der Waals surface area (Å²) in [6.45, 7) is 5.67. The third-order valence-corrected chi connectivity index (χ3v) is 3.30. The molecule has 1 aromatic carbocycles. The van der Waals surface area contributed by atoms with Crippen LogP contribution in [-0.4, -0.2) is 15.6 Å². The Balaban J connectivity index is 2.68. The predicted octanol–water partition coefficient (Wildman–Crippen LogP) is 3.75. The molecule has 0 aliphatic carbocycles. The summed E-state index contributed by atoms with van der Waals surface area (Å²) in [6, 6.07) is 7.27. The average Bonchev–Trinajstić information content (AvgIpc) is 2.56. The van der Waals surface area contributed by atoms with Crippen LogP contribution in [0.25, 0.3) is 5.69 Å². The van der Waals surface area contributed by atoms with Crippen molar-refractivity contribution in [3.8, 4) is 5.69 Å². The molecular formula is C14H14ClNO2. The molecule has 0 bridgehead atoms. The van der Waals surface area contributed by atoms with Crippen molar-refractivity contribution in [1.82, 2.24) is 4.57 Å². The van der Waals surface area contributed by atoms with E-state index in [0.29, 0.717) is 10.6 Å². The molecule has 1 heterocycles. The molecule has 0 aliphatic rings. The van der Waals surface area contributed by atoms with Crippen molar-refractivity contribution in [1.29, 1.82) is 0 Å². The molecule has 0 unspecified atom stereocenters. The minimum absolute atomic E-state index is 0.335. The summed E-state index contributed by atoms with van der Waals surface area (Å²) >= 11 is 5.94. The second-order valence-electron chi connectivity index (χ2n) is 4.36. The number of aromatic carboxylic acids is 1. The molecular weight excluding hydrogens is 250 g/mol. The van der Waals surface area contributed by atoms with E-state index in [2.05, 4.69) is 0 Å². The van der Waals surface area contributed by atoms with Crippen molar-refractivity contribution in [2.45, 2.75) is 20.8 Å². The number of carboxylic acid groups (broad SMARTS) is 1. The van der Waals surface area contributed by atoms with E-state index >= 15 is 0 Å². The Morgan fingerprint density at radius 3 is 2.39 bits per heavy atom. The van der Waals surface area contributed by atoms with E-state index < -0.39 is 5.97 Å². The molecule has 18 heavy (non-hydrogen) atoms. The highest BCUT2D eigenvalue weighted by atomic mass is 35.5. The van der Waals surface area contributed by atoms with Gasteiger partial charge in [0, 0.05) is 22.1 Å². The first-order chi connectivity index (χ1) is 8.41. The van der Waals surface area contributed by atoms with Crippen LogP contribution in [0.4, 0.5) is 0 Å². The molecule has 0 amide bonds. The number of hydrogen-bond donors (Lipinski definition) is 1. The first-order valence-corrected chi connectivity index (χ1v) is 5.98. The molecule has 1 aromatic heterocycles. The van der Waals surface area contributed by atoms with Crippen molar-refractivity contribution < 1.29 is 9.90 Å². The number of carboxylic acids is 1. The molecule has 0 radical (unpaired) electrons. The predicted molar refractivity (Wildman–Crippen MR) is 71.9 cm³/mol. The van der Waals surface area contributed by atoms with Crippen LogP contribution in [0.15, 0.2) is 24.3 Å². The largest absolute Gasteiger partial charge is 0.478 e. The number of halogens is 1. The fraction of sp³-hybridized carbons (Fsp3) is 0.214. The van der Waals surface area contributed by atoms with E-state index in [1.807, 2.05) is 43.5 Å². The topological polar surface area (TPSA) is 42.2 Å². The van der Waals surface area contributed by atoms with E-state index in [1.54, 1.807) is 6.07 Å². The number of benzene rings is 1. The first kappa shape index (κ1) is 12.7. The van der Waals surface area contributed by atoms with Gasteiger partial charge >= 0.3 is 5.97 Å². The highest BCUT2D eigenvalue weighted by Crippen LogP contribution is 2.25. The minimum atomic E-state index is -0.902. The summed E-state index contributed by atoms with van der Waals surface area (Å²) in [5.74, 6) is -0.902. The molecule has 0 atom stereocenters. The van der Waals surface area contributed by atoms with Crippen molar-refractivity contribution >= 4 is 17.6 Å². The first-order valence-electron chi connectivity index (χ1n) is 5.60. The number of hydrogen-bond acceptors (Lipinski definition) is 1. The van der Waals surface area contributed by atoms with Crippen LogP contribution in [-0.2, 0) is 0 Å². The summed E-state index contributed by atoms with van der Waals surface area (Å²) in [6.07, 6.45) is 0. The van der Waals surface area contributed by atoms with Crippen molar-refractivity contribution in [2.24, 2.45) is 0 Å². The minimum Gasteiger partial charge on any atom is -0.478 e. The molecule has 4 heteroatoms. The van der Waals surface area contributed by atoms with Gasteiger partial charge < -0.3 is 9.67 Å². The molecule has 94 valence electrons. The van der Waals surface area contributed by atoms with Crippen LogP contribution in [0.2, 0.25) is 5.02 Å². The zero-order valence-corrected chi connectivity index (χ0v) is 11.2. The van der Waals surface area contributed by atoms with Gasteiger partial charge in [-0.15, -0.1) is 0 Å². The number of rotatable bonds is 2. The lowest BCUT2D eigenvalue weighted by molar-refractivity contribution is 0.0696. The SMILES string of the molecule is Cc1cc(Cl)ccc1-n1c(C)cc(C(=O)O)c1C. The van der Waals surface area contributed by atoms with Crippen molar-refractivity contribution in [3.63, 3.8) is 0 Å². The van der Waals surface area contributed by atoms with Gasteiger partial charge in [0.1, 0.15) is 0 Å². The summed E-state index contributed by atoms with van der Waals surface area (Å²) < 4.78 is 1.94. The van der Waals surface area contributed by atoms with Crippen molar-refractivity contribution in [2.75, 3.05) is 0 Å². The fourth-order valence-electron chi connectivity index (χ4n) is 2.22. The van der Waals surface area contributed by atoms with Gasteiger partial charge in [-0.05, 0) is 50.6 Å². The van der Waals surface area contributed by atoms with Gasteiger partial charge in [-0.3, -0.25) is 0 Å². The molecule has 3 nitrogen and oxygen atoms in total. The zero-order chi connectivity index (χ0) is 13.4. The smallest absolute Gasteiger partial charge is 0.337 e. The van der Waals surface area contributed by atoms with Crippen LogP contribution in [0.1, 0.15) is 27.3 Å². The summed E-state index contributed by atoms with van der Waals surface area (Å²) in [5, 5.41) is 9.81. The Bertz CT molecular complexity index is 629. The third-order valence-electron chi connectivity index (χ3n) is 3.06. The van der Waals surface area contributed by atoms with Crippen LogP contribution in [0.3, 0.4) is 0 Å². The van der Waals surface area contributed by atoms with Crippen LogP contribution >= 0.6 is 11.6 Å². The Morgan fingerprint density at radius 1 is 1.22 bits per heavy atom. The Labute approximate surface area is 111 Å². The lowest BCUT2D eigenvalue weighted by Gasteiger charge is -2.12. The molecule has 2 rings (SSSR count). The van der Waals surface area contributed by atoms with Gasteiger partial charge in [0.25, 0.3) is 0 Å². The molecule has 1 N–H and O–H groups in total. The Morgan fingerprint density at radius 2 is 1.89 bits per heavy atom. The molecule has 0 fully saturated rings. The highest BCUT2D eigenvalue weighted by Gasteiger charge is 2.16. The molecule has 0 spiro atoms. The number of carbonyl (C=O) groups is 1. The maximum absolute atomic E-state index is 11.1. The molecule has 0 saturated heterocycles. The molecule has 0 saturated carbocycles. The van der Waals surface area contributed by atoms with E-state index in [0.717, 1.165) is 22.6 Å². The maximum Gasteiger partial charge on any atom is 0.337 e. The monoisotopic (exact) mass is 263 g/mol. The van der Waals surface area contributed by atoms with Gasteiger partial charge in [-0.2, -0.15) is 0 Å². The van der Waals surface area contributed by atoms with Crippen LogP contribution in [0, 0.1) is 20.8 Å². The van der Waals surface area contributed by atoms with Gasteiger partial charge in [0.15, 0.2) is 0 Å². The Hall–Kier alpha value is -1.74. The normalized spacial score (nSPS) is 10.7. The maximum atomic E-state index is 11.1. The molecule has 2 aromatic rings. The van der Waals surface area contributed by atoms with E-state index in [9.17, 15) is 4.79 Å².